The van der Waals surface area contributed by atoms with Crippen molar-refractivity contribution in [2.75, 3.05) is 11.8 Å². The maximum Gasteiger partial charge on any atom is 0.339 e. The van der Waals surface area contributed by atoms with E-state index in [1.54, 1.807) is 0 Å². The zero-order valence-corrected chi connectivity index (χ0v) is 12.4. The van der Waals surface area contributed by atoms with Crippen molar-refractivity contribution in [3.63, 3.8) is 0 Å². The first-order valence-corrected chi connectivity index (χ1v) is 7.49. The molecule has 21 heavy (non-hydrogen) atoms. The third kappa shape index (κ3) is 3.47. The van der Waals surface area contributed by atoms with E-state index in [1.165, 1.54) is 43.6 Å². The lowest BCUT2D eigenvalue weighted by Crippen LogP contribution is -2.18. The van der Waals surface area contributed by atoms with Crippen molar-refractivity contribution in [3.8, 4) is 0 Å². The van der Waals surface area contributed by atoms with Gasteiger partial charge in [0.15, 0.2) is 0 Å². The van der Waals surface area contributed by atoms with E-state index in [0.717, 1.165) is 0 Å². The number of nitrogens with one attached hydrogen (secondary N) is 1. The highest BCUT2D eigenvalue weighted by Gasteiger charge is 2.23. The second-order valence-electron chi connectivity index (χ2n) is 3.80. The maximum atomic E-state index is 12.3. The average molecular weight is 328 g/mol. The van der Waals surface area contributed by atoms with Crippen LogP contribution in [0.4, 0.5) is 5.82 Å². The summed E-state index contributed by atoms with van der Waals surface area (Å²) < 4.78 is 31.5. The van der Waals surface area contributed by atoms with Crippen LogP contribution < -0.4 is 4.72 Å². The molecule has 0 amide bonds. The van der Waals surface area contributed by atoms with Gasteiger partial charge in [0.25, 0.3) is 10.0 Å². The molecule has 9 heteroatoms. The minimum Gasteiger partial charge on any atom is -0.465 e. The molecule has 2 aromatic rings. The molecular formula is C12H10ClN3O4S. The van der Waals surface area contributed by atoms with Crippen LogP contribution in [0.15, 0.2) is 41.4 Å². The predicted molar refractivity (Wildman–Crippen MR) is 75.6 cm³/mol. The van der Waals surface area contributed by atoms with Crippen LogP contribution >= 0.6 is 11.6 Å². The molecular weight excluding hydrogens is 318 g/mol. The molecule has 1 heterocycles. The largest absolute Gasteiger partial charge is 0.465 e. The number of carbonyl (C=O) groups is 1. The van der Waals surface area contributed by atoms with E-state index in [2.05, 4.69) is 19.4 Å². The van der Waals surface area contributed by atoms with Gasteiger partial charge in [-0.15, -0.1) is 0 Å². The quantitative estimate of drug-likeness (QED) is 0.678. The zero-order chi connectivity index (χ0) is 15.5. The molecule has 0 atom stereocenters. The van der Waals surface area contributed by atoms with Crippen LogP contribution in [0.1, 0.15) is 10.4 Å². The monoisotopic (exact) mass is 327 g/mol. The lowest BCUT2D eigenvalue weighted by molar-refractivity contribution is 0.0596. The van der Waals surface area contributed by atoms with E-state index in [-0.39, 0.29) is 21.6 Å². The lowest BCUT2D eigenvalue weighted by atomic mass is 10.2. The molecule has 0 aliphatic rings. The first-order valence-electron chi connectivity index (χ1n) is 5.63. The smallest absolute Gasteiger partial charge is 0.339 e. The Balaban J connectivity index is 2.43. The summed E-state index contributed by atoms with van der Waals surface area (Å²) in [7, 11) is -2.85. The number of nitrogens with zero attached hydrogens (tertiary/aromatic N) is 2. The summed E-state index contributed by atoms with van der Waals surface area (Å²) in [5.41, 5.74) is -0.0762. The zero-order valence-electron chi connectivity index (χ0n) is 10.8. The van der Waals surface area contributed by atoms with Gasteiger partial charge in [0, 0.05) is 6.20 Å². The number of carbonyl (C=O) groups excluding carboxylic acids is 1. The minimum atomic E-state index is -4.02. The second-order valence-corrected chi connectivity index (χ2v) is 5.79. The van der Waals surface area contributed by atoms with Gasteiger partial charge < -0.3 is 4.74 Å². The number of rotatable bonds is 4. The number of esters is 1. The molecule has 1 aromatic carbocycles. The summed E-state index contributed by atoms with van der Waals surface area (Å²) >= 11 is 5.59. The number of hydrogen-bond acceptors (Lipinski definition) is 6. The third-order valence-corrected chi connectivity index (χ3v) is 4.04. The lowest BCUT2D eigenvalue weighted by Gasteiger charge is -2.10. The molecule has 0 radical (unpaired) electrons. The van der Waals surface area contributed by atoms with Crippen molar-refractivity contribution in [3.05, 3.63) is 47.4 Å². The van der Waals surface area contributed by atoms with Crippen molar-refractivity contribution >= 4 is 33.4 Å². The van der Waals surface area contributed by atoms with Gasteiger partial charge in [0.05, 0.1) is 12.7 Å². The average Bonchev–Trinajstić information content (AvgIpc) is 2.46. The number of anilines is 1. The number of sulfonamides is 1. The Morgan fingerprint density at radius 3 is 2.67 bits per heavy atom. The van der Waals surface area contributed by atoms with Crippen molar-refractivity contribution < 1.29 is 17.9 Å². The van der Waals surface area contributed by atoms with Gasteiger partial charge in [-0.25, -0.2) is 18.2 Å². The maximum absolute atomic E-state index is 12.3. The number of halogens is 1. The molecule has 0 spiro atoms. The van der Waals surface area contributed by atoms with Crippen LogP contribution in [0.2, 0.25) is 5.28 Å². The van der Waals surface area contributed by atoms with E-state index >= 15 is 0 Å². The third-order valence-electron chi connectivity index (χ3n) is 2.45. The fraction of sp³-hybridized carbons (Fsp3) is 0.0833. The SMILES string of the molecule is COC(=O)c1ccccc1S(=O)(=O)Nc1ccnc(Cl)n1. The molecule has 0 bridgehead atoms. The van der Waals surface area contributed by atoms with Crippen molar-refractivity contribution in [2.45, 2.75) is 4.90 Å². The van der Waals surface area contributed by atoms with Gasteiger partial charge in [-0.1, -0.05) is 12.1 Å². The van der Waals surface area contributed by atoms with Gasteiger partial charge in [-0.2, -0.15) is 4.98 Å². The van der Waals surface area contributed by atoms with E-state index in [4.69, 9.17) is 11.6 Å². The fourth-order valence-electron chi connectivity index (χ4n) is 1.56. The summed E-state index contributed by atoms with van der Waals surface area (Å²) in [6.07, 6.45) is 1.30. The topological polar surface area (TPSA) is 98.2 Å². The number of methoxy groups -OCH3 is 1. The highest BCUT2D eigenvalue weighted by molar-refractivity contribution is 7.92. The van der Waals surface area contributed by atoms with Gasteiger partial charge in [-0.3, -0.25) is 4.72 Å². The van der Waals surface area contributed by atoms with E-state index in [0.29, 0.717) is 0 Å². The molecule has 1 N–H and O–H groups in total. The number of ether oxygens (including phenoxy) is 1. The van der Waals surface area contributed by atoms with Crippen molar-refractivity contribution in [1.29, 1.82) is 0 Å². The standard InChI is InChI=1S/C12H10ClN3O4S/c1-20-11(17)8-4-2-3-5-9(8)21(18,19)16-10-6-7-14-12(13)15-10/h2-7H,1H3,(H,14,15,16). The van der Waals surface area contributed by atoms with Crippen molar-refractivity contribution in [1.82, 2.24) is 9.97 Å². The Morgan fingerprint density at radius 1 is 1.29 bits per heavy atom. The van der Waals surface area contributed by atoms with E-state index < -0.39 is 16.0 Å². The number of aromatic nitrogens is 2. The van der Waals surface area contributed by atoms with Gasteiger partial charge in [0.2, 0.25) is 5.28 Å². The van der Waals surface area contributed by atoms with Crippen LogP contribution in [0.3, 0.4) is 0 Å². The molecule has 0 aliphatic carbocycles. The van der Waals surface area contributed by atoms with Crippen LogP contribution in [0.5, 0.6) is 0 Å². The Bertz CT molecular complexity index is 780. The summed E-state index contributed by atoms with van der Waals surface area (Å²) in [5.74, 6) is -0.758. The summed E-state index contributed by atoms with van der Waals surface area (Å²) in [5, 5.41) is -0.101. The summed E-state index contributed by atoms with van der Waals surface area (Å²) in [6, 6.07) is 7.01. The highest BCUT2D eigenvalue weighted by atomic mass is 35.5. The minimum absolute atomic E-state index is 0.00494. The van der Waals surface area contributed by atoms with Crippen LogP contribution in [0, 0.1) is 0 Å². The van der Waals surface area contributed by atoms with Crippen LogP contribution in [-0.2, 0) is 14.8 Å². The first kappa shape index (κ1) is 15.2. The molecule has 1 aromatic heterocycles. The molecule has 0 saturated carbocycles. The van der Waals surface area contributed by atoms with Crippen LogP contribution in [0.25, 0.3) is 0 Å². The Hall–Kier alpha value is -2.19. The number of hydrogen-bond donors (Lipinski definition) is 1. The second kappa shape index (κ2) is 6.06. The normalized spacial score (nSPS) is 11.0. The Labute approximate surface area is 126 Å². The first-order chi connectivity index (χ1) is 9.94. The summed E-state index contributed by atoms with van der Waals surface area (Å²) in [6.45, 7) is 0. The molecule has 0 fully saturated rings. The molecule has 0 unspecified atom stereocenters. The Morgan fingerprint density at radius 2 is 2.00 bits per heavy atom. The Kier molecular flexibility index (Phi) is 4.39. The van der Waals surface area contributed by atoms with Crippen LogP contribution in [-0.4, -0.2) is 31.5 Å². The van der Waals surface area contributed by atoms with Crippen molar-refractivity contribution in [2.24, 2.45) is 0 Å². The van der Waals surface area contributed by atoms with E-state index in [9.17, 15) is 13.2 Å². The molecule has 0 saturated heterocycles. The highest BCUT2D eigenvalue weighted by Crippen LogP contribution is 2.19. The molecule has 2 rings (SSSR count). The van der Waals surface area contributed by atoms with Gasteiger partial charge in [-0.05, 0) is 29.8 Å². The molecule has 110 valence electrons. The summed E-state index contributed by atoms with van der Waals surface area (Å²) in [4.78, 5) is 18.8. The number of benzene rings is 1. The predicted octanol–water partition coefficient (Wildman–Crippen LogP) is 1.72. The molecule has 7 nitrogen and oxygen atoms in total. The van der Waals surface area contributed by atoms with E-state index in [1.807, 2.05) is 0 Å². The van der Waals surface area contributed by atoms with Gasteiger partial charge in [0.1, 0.15) is 10.7 Å². The molecule has 0 aliphatic heterocycles. The van der Waals surface area contributed by atoms with Gasteiger partial charge >= 0.3 is 5.97 Å². The fourth-order valence-corrected chi connectivity index (χ4v) is 2.91.